The van der Waals surface area contributed by atoms with Crippen LogP contribution in [0.15, 0.2) is 27.5 Å². The molecule has 3 rings (SSSR count). The van der Waals surface area contributed by atoms with Crippen molar-refractivity contribution >= 4 is 45.2 Å². The number of hydrogen-bond donors (Lipinski definition) is 2. The number of nitrogens with one attached hydrogen (secondary N) is 1. The average Bonchev–Trinajstić information content (AvgIpc) is 2.70. The molecule has 0 radical (unpaired) electrons. The van der Waals surface area contributed by atoms with Crippen LogP contribution in [0.2, 0.25) is 5.02 Å². The minimum absolute atomic E-state index is 0.00516. The van der Waals surface area contributed by atoms with Crippen LogP contribution in [0.5, 0.6) is 0 Å². The molecule has 8 heteroatoms. The van der Waals surface area contributed by atoms with E-state index in [0.29, 0.717) is 20.7 Å². The topological polar surface area (TPSA) is 94.2 Å². The van der Waals surface area contributed by atoms with Crippen LogP contribution in [0.4, 0.5) is 5.82 Å². The number of hydrogen-bond acceptors (Lipinski definition) is 4. The van der Waals surface area contributed by atoms with Crippen LogP contribution >= 0.6 is 27.5 Å². The summed E-state index contributed by atoms with van der Waals surface area (Å²) in [6.07, 6.45) is 0. The van der Waals surface area contributed by atoms with Gasteiger partial charge in [-0.1, -0.05) is 11.6 Å². The second-order valence-corrected chi connectivity index (χ2v) is 6.09. The second-order valence-electron chi connectivity index (χ2n) is 4.83. The quantitative estimate of drug-likeness (QED) is 0.738. The Hall–Kier alpha value is -2.12. The molecular formula is C14H9BrClN3O3. The van der Waals surface area contributed by atoms with Crippen molar-refractivity contribution in [1.29, 1.82) is 0 Å². The molecule has 1 aromatic heterocycles. The lowest BCUT2D eigenvalue weighted by Gasteiger charge is -2.15. The van der Waals surface area contributed by atoms with Gasteiger partial charge in [0.1, 0.15) is 5.82 Å². The molecule has 1 aromatic carbocycles. The van der Waals surface area contributed by atoms with Crippen LogP contribution in [0, 0.1) is 6.92 Å². The van der Waals surface area contributed by atoms with E-state index in [4.69, 9.17) is 17.3 Å². The largest absolute Gasteiger partial charge is 0.384 e. The number of halogens is 2. The number of aryl methyl sites for hydroxylation is 1. The highest BCUT2D eigenvalue weighted by molar-refractivity contribution is 9.10. The van der Waals surface area contributed by atoms with Crippen LogP contribution in [-0.4, -0.2) is 16.4 Å². The van der Waals surface area contributed by atoms with Crippen molar-refractivity contribution in [3.8, 4) is 5.69 Å². The fourth-order valence-electron chi connectivity index (χ4n) is 2.40. The Kier molecular flexibility index (Phi) is 3.34. The molecule has 0 fully saturated rings. The molecule has 0 atom stereocenters. The summed E-state index contributed by atoms with van der Waals surface area (Å²) in [5.41, 5.74) is 6.66. The molecule has 2 heterocycles. The number of carbonyl (C=O) groups excluding carboxylic acids is 2. The number of nitrogen functional groups attached to an aromatic ring is 1. The van der Waals surface area contributed by atoms with E-state index in [1.54, 1.807) is 19.1 Å². The Morgan fingerprint density at radius 3 is 2.55 bits per heavy atom. The lowest BCUT2D eigenvalue weighted by Crippen LogP contribution is -2.24. The number of rotatable bonds is 1. The molecule has 2 amide bonds. The molecule has 112 valence electrons. The van der Waals surface area contributed by atoms with Gasteiger partial charge in [0.2, 0.25) is 0 Å². The van der Waals surface area contributed by atoms with Gasteiger partial charge in [-0.15, -0.1) is 0 Å². The zero-order valence-corrected chi connectivity index (χ0v) is 13.6. The van der Waals surface area contributed by atoms with Crippen molar-refractivity contribution in [2.24, 2.45) is 0 Å². The summed E-state index contributed by atoms with van der Waals surface area (Å²) in [4.78, 5) is 35.8. The average molecular weight is 383 g/mol. The van der Waals surface area contributed by atoms with Crippen LogP contribution in [0.1, 0.15) is 26.3 Å². The van der Waals surface area contributed by atoms with Crippen molar-refractivity contribution in [3.05, 3.63) is 54.7 Å². The molecule has 1 aliphatic heterocycles. The first-order chi connectivity index (χ1) is 10.3. The molecule has 6 nitrogen and oxygen atoms in total. The summed E-state index contributed by atoms with van der Waals surface area (Å²) in [5, 5.41) is 2.61. The molecule has 3 N–H and O–H groups in total. The van der Waals surface area contributed by atoms with Gasteiger partial charge in [0.15, 0.2) is 0 Å². The third-order valence-corrected chi connectivity index (χ3v) is 4.63. The first-order valence-electron chi connectivity index (χ1n) is 6.18. The molecule has 22 heavy (non-hydrogen) atoms. The van der Waals surface area contributed by atoms with Crippen molar-refractivity contribution in [3.63, 3.8) is 0 Å². The number of aromatic nitrogens is 1. The molecule has 1 aliphatic rings. The lowest BCUT2D eigenvalue weighted by atomic mass is 10.1. The third-order valence-electron chi connectivity index (χ3n) is 3.43. The Morgan fingerprint density at radius 1 is 1.18 bits per heavy atom. The van der Waals surface area contributed by atoms with Gasteiger partial charge in [0.05, 0.1) is 21.8 Å². The standard InChI is InChI=1S/C14H9BrClN3O3/c1-5-2-8(16)7(15)4-9(5)19-10(20)3-6-11(12(19)17)14(22)18-13(6)21/h2-4H,17H2,1H3,(H,18,21,22). The highest BCUT2D eigenvalue weighted by Gasteiger charge is 2.32. The van der Waals surface area contributed by atoms with Crippen molar-refractivity contribution < 1.29 is 9.59 Å². The SMILES string of the molecule is Cc1cc(Cl)c(Br)cc1-n1c(N)c2c(cc1=O)C(=O)NC2=O. The highest BCUT2D eigenvalue weighted by Crippen LogP contribution is 2.30. The number of fused-ring (bicyclic) bond motifs is 1. The highest BCUT2D eigenvalue weighted by atomic mass is 79.9. The summed E-state index contributed by atoms with van der Waals surface area (Å²) >= 11 is 9.30. The van der Waals surface area contributed by atoms with Crippen LogP contribution in [-0.2, 0) is 0 Å². The number of anilines is 1. The van der Waals surface area contributed by atoms with Gasteiger partial charge < -0.3 is 5.73 Å². The van der Waals surface area contributed by atoms with E-state index in [-0.39, 0.29) is 16.9 Å². The molecule has 0 aliphatic carbocycles. The van der Waals surface area contributed by atoms with Crippen LogP contribution < -0.4 is 16.6 Å². The Balaban J connectivity index is 2.37. The summed E-state index contributed by atoms with van der Waals surface area (Å²) in [6, 6.07) is 4.41. The second kappa shape index (κ2) is 4.96. The fourth-order valence-corrected chi connectivity index (χ4v) is 2.95. The number of amides is 2. The fraction of sp³-hybridized carbons (Fsp3) is 0.0714. The molecule has 2 aromatic rings. The van der Waals surface area contributed by atoms with Gasteiger partial charge in [0.25, 0.3) is 17.4 Å². The zero-order valence-electron chi connectivity index (χ0n) is 11.2. The third kappa shape index (κ3) is 2.05. The van der Waals surface area contributed by atoms with Crippen LogP contribution in [0.25, 0.3) is 5.69 Å². The van der Waals surface area contributed by atoms with Gasteiger partial charge in [0, 0.05) is 10.5 Å². The molecule has 0 saturated carbocycles. The number of benzene rings is 1. The van der Waals surface area contributed by atoms with E-state index in [1.165, 1.54) is 4.57 Å². The molecule has 0 spiro atoms. The number of nitrogens with two attached hydrogens (primary N) is 1. The lowest BCUT2D eigenvalue weighted by molar-refractivity contribution is 0.0880. The Labute approximate surface area is 138 Å². The first-order valence-corrected chi connectivity index (χ1v) is 7.35. The van der Waals surface area contributed by atoms with Crippen LogP contribution in [0.3, 0.4) is 0 Å². The monoisotopic (exact) mass is 381 g/mol. The molecule has 0 bridgehead atoms. The predicted octanol–water partition coefficient (Wildman–Crippen LogP) is 2.03. The Morgan fingerprint density at radius 2 is 1.86 bits per heavy atom. The molecule has 0 unspecified atom stereocenters. The van der Waals surface area contributed by atoms with E-state index in [0.717, 1.165) is 6.07 Å². The summed E-state index contributed by atoms with van der Waals surface area (Å²) < 4.78 is 1.77. The smallest absolute Gasteiger partial charge is 0.262 e. The van der Waals surface area contributed by atoms with Gasteiger partial charge >= 0.3 is 0 Å². The van der Waals surface area contributed by atoms with Crippen molar-refractivity contribution in [1.82, 2.24) is 9.88 Å². The minimum atomic E-state index is -0.620. The van der Waals surface area contributed by atoms with E-state index in [2.05, 4.69) is 21.2 Å². The molecule has 0 saturated heterocycles. The number of pyridine rings is 1. The summed E-state index contributed by atoms with van der Waals surface area (Å²) in [7, 11) is 0. The molecular weight excluding hydrogens is 374 g/mol. The summed E-state index contributed by atoms with van der Waals surface area (Å²) in [5.74, 6) is -1.31. The minimum Gasteiger partial charge on any atom is -0.384 e. The van der Waals surface area contributed by atoms with E-state index in [9.17, 15) is 14.4 Å². The van der Waals surface area contributed by atoms with E-state index >= 15 is 0 Å². The maximum Gasteiger partial charge on any atom is 0.262 e. The maximum atomic E-state index is 12.3. The number of imide groups is 1. The number of nitrogens with zero attached hydrogens (tertiary/aromatic N) is 1. The summed E-state index contributed by atoms with van der Waals surface area (Å²) in [6.45, 7) is 1.76. The van der Waals surface area contributed by atoms with Crippen molar-refractivity contribution in [2.45, 2.75) is 6.92 Å². The van der Waals surface area contributed by atoms with Gasteiger partial charge in [-0.25, -0.2) is 0 Å². The zero-order chi connectivity index (χ0) is 16.2. The maximum absolute atomic E-state index is 12.3. The normalized spacial score (nSPS) is 13.2. The Bertz CT molecular complexity index is 921. The van der Waals surface area contributed by atoms with Gasteiger partial charge in [-0.3, -0.25) is 24.3 Å². The first kappa shape index (κ1) is 14.8. The van der Waals surface area contributed by atoms with E-state index < -0.39 is 17.4 Å². The van der Waals surface area contributed by atoms with Gasteiger partial charge in [-0.2, -0.15) is 0 Å². The predicted molar refractivity (Wildman–Crippen MR) is 85.7 cm³/mol. The van der Waals surface area contributed by atoms with Gasteiger partial charge in [-0.05, 0) is 40.5 Å². The number of carbonyl (C=O) groups is 2. The van der Waals surface area contributed by atoms with E-state index in [1.807, 2.05) is 0 Å². The van der Waals surface area contributed by atoms with Crippen molar-refractivity contribution in [2.75, 3.05) is 5.73 Å².